The van der Waals surface area contributed by atoms with Gasteiger partial charge in [-0.3, -0.25) is 0 Å². The van der Waals surface area contributed by atoms with E-state index in [0.29, 0.717) is 0 Å². The van der Waals surface area contributed by atoms with Crippen molar-refractivity contribution >= 4 is 11.4 Å². The number of ether oxygens (including phenoxy) is 2. The predicted molar refractivity (Wildman–Crippen MR) is 166 cm³/mol. The van der Waals surface area contributed by atoms with E-state index in [4.69, 9.17) is 20.9 Å². The molecule has 0 radical (unpaired) electrons. The van der Waals surface area contributed by atoms with Gasteiger partial charge in [0, 0.05) is 23.2 Å². The van der Waals surface area contributed by atoms with Gasteiger partial charge in [0.2, 0.25) is 0 Å². The van der Waals surface area contributed by atoms with Gasteiger partial charge in [0.25, 0.3) is 0 Å². The first-order valence-corrected chi connectivity index (χ1v) is 13.6. The third-order valence-electron chi connectivity index (χ3n) is 7.19. The van der Waals surface area contributed by atoms with Crippen molar-refractivity contribution in [2.75, 3.05) is 11.5 Å². The summed E-state index contributed by atoms with van der Waals surface area (Å²) in [6.45, 7) is 8.62. The highest BCUT2D eigenvalue weighted by Crippen LogP contribution is 2.39. The summed E-state index contributed by atoms with van der Waals surface area (Å²) in [5.74, 6) is 3.45. The Labute approximate surface area is 237 Å². The van der Waals surface area contributed by atoms with Crippen LogP contribution in [0.2, 0.25) is 0 Å². The zero-order chi connectivity index (χ0) is 28.2. The maximum Gasteiger partial charge on any atom is 0.127 e. The fourth-order valence-corrected chi connectivity index (χ4v) is 5.08. The van der Waals surface area contributed by atoms with Gasteiger partial charge in [-0.1, -0.05) is 47.6 Å². The fraction of sp³-hybridized carbons (Fsp3) is 0.167. The van der Waals surface area contributed by atoms with Crippen LogP contribution in [0.4, 0.5) is 11.4 Å². The summed E-state index contributed by atoms with van der Waals surface area (Å²) in [5.41, 5.74) is 20.6. The Morgan fingerprint density at radius 1 is 0.575 bits per heavy atom. The summed E-state index contributed by atoms with van der Waals surface area (Å²) in [5, 5.41) is 0. The van der Waals surface area contributed by atoms with E-state index in [1.165, 1.54) is 33.4 Å². The zero-order valence-corrected chi connectivity index (χ0v) is 23.5. The molecule has 5 rings (SSSR count). The molecule has 3 aromatic rings. The van der Waals surface area contributed by atoms with Crippen LogP contribution >= 0.6 is 0 Å². The second-order valence-corrected chi connectivity index (χ2v) is 10.7. The molecule has 4 N–H and O–H groups in total. The Morgan fingerprint density at radius 2 is 0.975 bits per heavy atom. The van der Waals surface area contributed by atoms with E-state index in [9.17, 15) is 0 Å². The molecular formula is C36H36N2O2. The minimum absolute atomic E-state index is 0.145. The average molecular weight is 529 g/mol. The van der Waals surface area contributed by atoms with Crippen molar-refractivity contribution < 1.29 is 9.47 Å². The number of nitrogen functional groups attached to an aromatic ring is 2. The van der Waals surface area contributed by atoms with Gasteiger partial charge in [0.05, 0.1) is 0 Å². The van der Waals surface area contributed by atoms with Crippen molar-refractivity contribution in [3.8, 4) is 11.5 Å². The molecule has 0 spiro atoms. The molecule has 4 heteroatoms. The van der Waals surface area contributed by atoms with Crippen LogP contribution < -0.4 is 20.9 Å². The highest BCUT2D eigenvalue weighted by molar-refractivity contribution is 5.53. The van der Waals surface area contributed by atoms with Crippen molar-refractivity contribution in [1.82, 2.24) is 0 Å². The lowest BCUT2D eigenvalue weighted by Crippen LogP contribution is -2.10. The van der Waals surface area contributed by atoms with Crippen LogP contribution in [-0.4, -0.2) is 0 Å². The Morgan fingerprint density at radius 3 is 1.35 bits per heavy atom. The Kier molecular flexibility index (Phi) is 7.79. The number of anilines is 2. The van der Waals surface area contributed by atoms with Gasteiger partial charge in [-0.15, -0.1) is 0 Å². The van der Waals surface area contributed by atoms with Gasteiger partial charge in [0.1, 0.15) is 23.0 Å². The predicted octanol–water partition coefficient (Wildman–Crippen LogP) is 8.76. The van der Waals surface area contributed by atoms with Gasteiger partial charge < -0.3 is 20.9 Å². The summed E-state index contributed by atoms with van der Waals surface area (Å²) in [6, 6.07) is 23.9. The van der Waals surface area contributed by atoms with Crippen molar-refractivity contribution in [2.24, 2.45) is 0 Å². The summed E-state index contributed by atoms with van der Waals surface area (Å²) >= 11 is 0. The molecule has 2 atom stereocenters. The molecule has 0 aliphatic heterocycles. The van der Waals surface area contributed by atoms with E-state index in [-0.39, 0.29) is 11.8 Å². The molecule has 0 fully saturated rings. The van der Waals surface area contributed by atoms with Gasteiger partial charge in [-0.25, -0.2) is 0 Å². The standard InChI is InChI=1S/C36H36N2O2/c1-23(2)35-21-31(39-29-12-8-27(37)9-13-29)16-18-33(35)25-6-5-7-26(20-25)34-19-17-32(22-36(34)24(3)4)40-30-14-10-28(38)11-15-30/h5-22,33-34H,37-38H2,1-4H3. The Balaban J connectivity index is 1.39. The number of hydrogen-bond donors (Lipinski definition) is 2. The van der Waals surface area contributed by atoms with E-state index in [1.54, 1.807) is 0 Å². The largest absolute Gasteiger partial charge is 0.457 e. The third kappa shape index (κ3) is 6.13. The van der Waals surface area contributed by atoms with E-state index in [2.05, 4.69) is 88.4 Å². The van der Waals surface area contributed by atoms with E-state index in [0.717, 1.165) is 34.4 Å². The SMILES string of the molecule is CC(C)=C1C=C(Oc2ccc(N)cc2)C=CC1c1cccc(C2C=CC(Oc3ccc(N)cc3)=CC2=C(C)C)c1. The van der Waals surface area contributed by atoms with Crippen molar-refractivity contribution in [3.05, 3.63) is 154 Å². The number of rotatable bonds is 6. The molecule has 0 bridgehead atoms. The molecule has 2 aliphatic carbocycles. The van der Waals surface area contributed by atoms with Crippen LogP contribution in [-0.2, 0) is 0 Å². The topological polar surface area (TPSA) is 70.5 Å². The Hall–Kier alpha value is -4.70. The second kappa shape index (κ2) is 11.6. The maximum atomic E-state index is 6.14. The summed E-state index contributed by atoms with van der Waals surface area (Å²) in [7, 11) is 0. The lowest BCUT2D eigenvalue weighted by Gasteiger charge is -2.25. The number of benzene rings is 3. The van der Waals surface area contributed by atoms with Crippen LogP contribution in [0.25, 0.3) is 0 Å². The maximum absolute atomic E-state index is 6.14. The van der Waals surface area contributed by atoms with E-state index in [1.807, 2.05) is 48.5 Å². The molecule has 0 saturated heterocycles. The molecular weight excluding hydrogens is 492 g/mol. The minimum Gasteiger partial charge on any atom is -0.457 e. The Bertz CT molecular complexity index is 1460. The monoisotopic (exact) mass is 528 g/mol. The normalized spacial score (nSPS) is 18.2. The number of allylic oxidation sites excluding steroid dienone is 10. The molecule has 0 amide bonds. The highest BCUT2D eigenvalue weighted by atomic mass is 16.5. The molecule has 2 unspecified atom stereocenters. The van der Waals surface area contributed by atoms with Crippen LogP contribution in [0, 0.1) is 0 Å². The van der Waals surface area contributed by atoms with Crippen LogP contribution in [0.1, 0.15) is 50.7 Å². The number of hydrogen-bond acceptors (Lipinski definition) is 4. The molecule has 4 nitrogen and oxygen atoms in total. The van der Waals surface area contributed by atoms with Crippen LogP contribution in [0.15, 0.2) is 143 Å². The van der Waals surface area contributed by atoms with Crippen molar-refractivity contribution in [2.45, 2.75) is 39.5 Å². The van der Waals surface area contributed by atoms with Gasteiger partial charge in [-0.05, 0) is 123 Å². The first kappa shape index (κ1) is 26.9. The van der Waals surface area contributed by atoms with E-state index >= 15 is 0 Å². The highest BCUT2D eigenvalue weighted by Gasteiger charge is 2.23. The molecule has 0 aromatic heterocycles. The third-order valence-corrected chi connectivity index (χ3v) is 7.19. The summed E-state index contributed by atoms with van der Waals surface area (Å²) in [4.78, 5) is 0. The molecule has 3 aromatic carbocycles. The smallest absolute Gasteiger partial charge is 0.127 e. The molecule has 40 heavy (non-hydrogen) atoms. The number of nitrogens with two attached hydrogens (primary N) is 2. The average Bonchev–Trinajstić information content (AvgIpc) is 2.95. The molecule has 2 aliphatic rings. The van der Waals surface area contributed by atoms with Crippen molar-refractivity contribution in [3.63, 3.8) is 0 Å². The van der Waals surface area contributed by atoms with Gasteiger partial charge in [-0.2, -0.15) is 0 Å². The second-order valence-electron chi connectivity index (χ2n) is 10.7. The first-order chi connectivity index (χ1) is 19.3. The zero-order valence-electron chi connectivity index (χ0n) is 23.5. The minimum atomic E-state index is 0.145. The van der Waals surface area contributed by atoms with Gasteiger partial charge >= 0.3 is 0 Å². The van der Waals surface area contributed by atoms with E-state index < -0.39 is 0 Å². The van der Waals surface area contributed by atoms with Crippen molar-refractivity contribution in [1.29, 1.82) is 0 Å². The quantitative estimate of drug-likeness (QED) is 0.314. The summed E-state index contributed by atoms with van der Waals surface area (Å²) in [6.07, 6.45) is 12.9. The molecule has 0 saturated carbocycles. The first-order valence-electron chi connectivity index (χ1n) is 13.6. The lowest BCUT2D eigenvalue weighted by atomic mass is 9.81. The van der Waals surface area contributed by atoms with Gasteiger partial charge in [0.15, 0.2) is 0 Å². The fourth-order valence-electron chi connectivity index (χ4n) is 5.08. The summed E-state index contributed by atoms with van der Waals surface area (Å²) < 4.78 is 12.3. The van der Waals surface area contributed by atoms with Crippen LogP contribution in [0.3, 0.4) is 0 Å². The molecule has 202 valence electrons. The molecule has 0 heterocycles. The van der Waals surface area contributed by atoms with Crippen LogP contribution in [0.5, 0.6) is 11.5 Å². The lowest BCUT2D eigenvalue weighted by molar-refractivity contribution is 0.441.